The van der Waals surface area contributed by atoms with Gasteiger partial charge in [-0.2, -0.15) is 0 Å². The second-order valence-electron chi connectivity index (χ2n) is 5.26. The highest BCUT2D eigenvalue weighted by Crippen LogP contribution is 2.39. The standard InChI is InChI=1S/C14H20N2/c1-10-3-2-4-12-5-6-13-7-11(8-15)9-16(13)14(10)12/h2-4,11,13H,5-9,15H2,1H3. The number of para-hydroxylation sites is 1. The van der Waals surface area contributed by atoms with E-state index >= 15 is 0 Å². The summed E-state index contributed by atoms with van der Waals surface area (Å²) < 4.78 is 0. The van der Waals surface area contributed by atoms with Gasteiger partial charge >= 0.3 is 0 Å². The van der Waals surface area contributed by atoms with Gasteiger partial charge in [0.2, 0.25) is 0 Å². The van der Waals surface area contributed by atoms with Gasteiger partial charge in [-0.25, -0.2) is 0 Å². The van der Waals surface area contributed by atoms with E-state index in [1.807, 2.05) is 0 Å². The summed E-state index contributed by atoms with van der Waals surface area (Å²) in [5.41, 5.74) is 10.3. The number of anilines is 1. The van der Waals surface area contributed by atoms with Gasteiger partial charge in [0.25, 0.3) is 0 Å². The van der Waals surface area contributed by atoms with Crippen LogP contribution >= 0.6 is 0 Å². The van der Waals surface area contributed by atoms with E-state index in [2.05, 4.69) is 30.0 Å². The highest BCUT2D eigenvalue weighted by Gasteiger charge is 2.35. The molecule has 3 rings (SSSR count). The molecular weight excluding hydrogens is 196 g/mol. The first-order valence-electron chi connectivity index (χ1n) is 6.35. The van der Waals surface area contributed by atoms with Gasteiger partial charge in [-0.3, -0.25) is 0 Å². The molecule has 2 heterocycles. The molecule has 0 amide bonds. The van der Waals surface area contributed by atoms with Crippen LogP contribution in [0.2, 0.25) is 0 Å². The zero-order valence-corrected chi connectivity index (χ0v) is 9.95. The molecule has 1 saturated heterocycles. The number of aryl methyl sites for hydroxylation is 2. The van der Waals surface area contributed by atoms with Crippen LogP contribution in [0.5, 0.6) is 0 Å². The molecule has 0 aliphatic carbocycles. The predicted molar refractivity (Wildman–Crippen MR) is 67.8 cm³/mol. The van der Waals surface area contributed by atoms with Gasteiger partial charge in [0.1, 0.15) is 0 Å². The number of nitrogens with zero attached hydrogens (tertiary/aromatic N) is 1. The maximum Gasteiger partial charge on any atom is 0.0431 e. The molecule has 2 N–H and O–H groups in total. The van der Waals surface area contributed by atoms with E-state index in [0.717, 1.165) is 12.6 Å². The van der Waals surface area contributed by atoms with Crippen LogP contribution in [0.1, 0.15) is 24.0 Å². The minimum absolute atomic E-state index is 0.704. The van der Waals surface area contributed by atoms with Gasteiger partial charge in [-0.1, -0.05) is 18.2 Å². The van der Waals surface area contributed by atoms with Crippen molar-refractivity contribution in [3.05, 3.63) is 29.3 Å². The number of nitrogens with two attached hydrogens (primary N) is 1. The monoisotopic (exact) mass is 216 g/mol. The molecule has 1 aromatic carbocycles. The molecule has 0 bridgehead atoms. The first-order valence-corrected chi connectivity index (χ1v) is 6.35. The van der Waals surface area contributed by atoms with Crippen LogP contribution in [0, 0.1) is 12.8 Å². The Morgan fingerprint density at radius 3 is 3.12 bits per heavy atom. The SMILES string of the molecule is Cc1cccc2c1N1CC(CN)CC1CC2. The third kappa shape index (κ3) is 1.44. The Morgan fingerprint density at radius 1 is 1.44 bits per heavy atom. The molecule has 1 aromatic rings. The first kappa shape index (κ1) is 10.2. The lowest BCUT2D eigenvalue weighted by Crippen LogP contribution is -2.34. The molecule has 16 heavy (non-hydrogen) atoms. The second-order valence-corrected chi connectivity index (χ2v) is 5.26. The van der Waals surface area contributed by atoms with Crippen LogP contribution in [-0.4, -0.2) is 19.1 Å². The van der Waals surface area contributed by atoms with Crippen molar-refractivity contribution in [2.45, 2.75) is 32.2 Å². The Kier molecular flexibility index (Phi) is 2.40. The molecule has 2 aliphatic heterocycles. The third-order valence-electron chi connectivity index (χ3n) is 4.19. The average Bonchev–Trinajstić information content (AvgIpc) is 2.72. The van der Waals surface area contributed by atoms with Crippen molar-refractivity contribution in [2.24, 2.45) is 11.7 Å². The summed E-state index contributed by atoms with van der Waals surface area (Å²) in [5, 5.41) is 0. The third-order valence-corrected chi connectivity index (χ3v) is 4.19. The summed E-state index contributed by atoms with van der Waals surface area (Å²) in [7, 11) is 0. The van der Waals surface area contributed by atoms with E-state index in [0.29, 0.717) is 5.92 Å². The Labute approximate surface area is 97.4 Å². The minimum atomic E-state index is 0.704. The van der Waals surface area contributed by atoms with Crippen LogP contribution in [0.4, 0.5) is 5.69 Å². The molecule has 2 unspecified atom stereocenters. The van der Waals surface area contributed by atoms with Gasteiger partial charge < -0.3 is 10.6 Å². The topological polar surface area (TPSA) is 29.3 Å². The van der Waals surface area contributed by atoms with Gasteiger partial charge in [0.15, 0.2) is 0 Å². The Hall–Kier alpha value is -1.02. The molecule has 2 aliphatic rings. The number of benzene rings is 1. The molecule has 2 atom stereocenters. The van der Waals surface area contributed by atoms with Gasteiger partial charge in [-0.05, 0) is 49.8 Å². The average molecular weight is 216 g/mol. The maximum absolute atomic E-state index is 5.82. The van der Waals surface area contributed by atoms with Crippen molar-refractivity contribution in [2.75, 3.05) is 18.0 Å². The van der Waals surface area contributed by atoms with Crippen molar-refractivity contribution < 1.29 is 0 Å². The second kappa shape index (κ2) is 3.77. The van der Waals surface area contributed by atoms with Crippen molar-refractivity contribution in [1.29, 1.82) is 0 Å². The highest BCUT2D eigenvalue weighted by atomic mass is 15.2. The van der Waals surface area contributed by atoms with Crippen LogP contribution in [-0.2, 0) is 6.42 Å². The maximum atomic E-state index is 5.82. The summed E-state index contributed by atoms with van der Waals surface area (Å²) >= 11 is 0. The molecule has 0 aromatic heterocycles. The first-order chi connectivity index (χ1) is 7.79. The van der Waals surface area contributed by atoms with Crippen molar-refractivity contribution in [3.8, 4) is 0 Å². The summed E-state index contributed by atoms with van der Waals surface area (Å²) in [6.07, 6.45) is 3.85. The summed E-state index contributed by atoms with van der Waals surface area (Å²) in [6.45, 7) is 4.24. The van der Waals surface area contributed by atoms with E-state index in [4.69, 9.17) is 5.73 Å². The molecule has 0 saturated carbocycles. The smallest absolute Gasteiger partial charge is 0.0431 e. The Morgan fingerprint density at radius 2 is 2.31 bits per heavy atom. The van der Waals surface area contributed by atoms with Crippen LogP contribution in [0.3, 0.4) is 0 Å². The quantitative estimate of drug-likeness (QED) is 0.779. The van der Waals surface area contributed by atoms with E-state index in [-0.39, 0.29) is 0 Å². The van der Waals surface area contributed by atoms with Crippen molar-refractivity contribution in [3.63, 3.8) is 0 Å². The summed E-state index contributed by atoms with van der Waals surface area (Å²) in [5.74, 6) is 0.704. The molecular formula is C14H20N2. The summed E-state index contributed by atoms with van der Waals surface area (Å²) in [4.78, 5) is 2.62. The molecule has 0 spiro atoms. The van der Waals surface area contributed by atoms with E-state index in [1.165, 1.54) is 42.6 Å². The lowest BCUT2D eigenvalue weighted by atomic mass is 9.93. The fraction of sp³-hybridized carbons (Fsp3) is 0.571. The van der Waals surface area contributed by atoms with Crippen LogP contribution in [0.15, 0.2) is 18.2 Å². The largest absolute Gasteiger partial charge is 0.368 e. The molecule has 1 fully saturated rings. The Balaban J connectivity index is 1.99. The van der Waals surface area contributed by atoms with Crippen molar-refractivity contribution >= 4 is 5.69 Å². The molecule has 2 nitrogen and oxygen atoms in total. The van der Waals surface area contributed by atoms with E-state index < -0.39 is 0 Å². The van der Waals surface area contributed by atoms with Gasteiger partial charge in [-0.15, -0.1) is 0 Å². The molecule has 86 valence electrons. The summed E-state index contributed by atoms with van der Waals surface area (Å²) in [6, 6.07) is 7.46. The zero-order chi connectivity index (χ0) is 11.1. The number of hydrogen-bond acceptors (Lipinski definition) is 2. The van der Waals surface area contributed by atoms with Gasteiger partial charge in [0, 0.05) is 18.3 Å². The van der Waals surface area contributed by atoms with Gasteiger partial charge in [0.05, 0.1) is 0 Å². The Bertz CT molecular complexity index is 400. The van der Waals surface area contributed by atoms with Crippen LogP contribution < -0.4 is 10.6 Å². The minimum Gasteiger partial charge on any atom is -0.368 e. The number of hydrogen-bond donors (Lipinski definition) is 1. The zero-order valence-electron chi connectivity index (χ0n) is 9.95. The fourth-order valence-electron chi connectivity index (χ4n) is 3.39. The number of rotatable bonds is 1. The van der Waals surface area contributed by atoms with E-state index in [1.54, 1.807) is 0 Å². The van der Waals surface area contributed by atoms with E-state index in [9.17, 15) is 0 Å². The highest BCUT2D eigenvalue weighted by molar-refractivity contribution is 5.62. The lowest BCUT2D eigenvalue weighted by Gasteiger charge is -2.35. The molecule has 0 radical (unpaired) electrons. The van der Waals surface area contributed by atoms with Crippen molar-refractivity contribution in [1.82, 2.24) is 0 Å². The predicted octanol–water partition coefficient (Wildman–Crippen LogP) is 2.09. The lowest BCUT2D eigenvalue weighted by molar-refractivity contribution is 0.537. The number of fused-ring (bicyclic) bond motifs is 3. The fourth-order valence-corrected chi connectivity index (χ4v) is 3.39. The molecule has 2 heteroatoms. The van der Waals surface area contributed by atoms with Crippen LogP contribution in [0.25, 0.3) is 0 Å². The normalized spacial score (nSPS) is 27.8.